The summed E-state index contributed by atoms with van der Waals surface area (Å²) in [5.41, 5.74) is 5.05. The molecule has 8 heavy (non-hydrogen) atoms. The van der Waals surface area contributed by atoms with Gasteiger partial charge in [0, 0.05) is 18.1 Å². The van der Waals surface area contributed by atoms with Crippen LogP contribution in [0.15, 0.2) is 0 Å². The second-order valence-electron chi connectivity index (χ2n) is 2.47. The zero-order valence-corrected chi connectivity index (χ0v) is 4.67. The number of rotatable bonds is 2. The van der Waals surface area contributed by atoms with Crippen molar-refractivity contribution < 1.29 is 10.2 Å². The standard InChI is InChI=1S/C5H11NO2/c6-5(3-8)1-4(5)2-7/h4,7-8H,1-3,6H2/t4-,5+/m0/s1. The summed E-state index contributed by atoms with van der Waals surface area (Å²) in [7, 11) is 0. The number of aliphatic hydroxyl groups excluding tert-OH is 2. The van der Waals surface area contributed by atoms with Crippen LogP contribution in [0.3, 0.4) is 0 Å². The van der Waals surface area contributed by atoms with Gasteiger partial charge in [-0.05, 0) is 6.42 Å². The molecule has 0 spiro atoms. The normalized spacial score (nSPS) is 44.6. The van der Waals surface area contributed by atoms with Crippen molar-refractivity contribution in [2.75, 3.05) is 13.2 Å². The van der Waals surface area contributed by atoms with E-state index in [2.05, 4.69) is 0 Å². The summed E-state index contributed by atoms with van der Waals surface area (Å²) in [5.74, 6) is 0.146. The monoisotopic (exact) mass is 117 g/mol. The summed E-state index contributed by atoms with van der Waals surface area (Å²) in [4.78, 5) is 0. The molecule has 1 fully saturated rings. The Morgan fingerprint density at radius 3 is 2.38 bits per heavy atom. The molecule has 0 aromatic carbocycles. The third-order valence-electron chi connectivity index (χ3n) is 1.79. The van der Waals surface area contributed by atoms with Crippen molar-refractivity contribution in [3.05, 3.63) is 0 Å². The highest BCUT2D eigenvalue weighted by Crippen LogP contribution is 2.39. The maximum absolute atomic E-state index is 8.53. The van der Waals surface area contributed by atoms with Crippen LogP contribution < -0.4 is 5.73 Å². The van der Waals surface area contributed by atoms with E-state index in [1.807, 2.05) is 0 Å². The van der Waals surface area contributed by atoms with Gasteiger partial charge in [-0.3, -0.25) is 0 Å². The second-order valence-corrected chi connectivity index (χ2v) is 2.47. The Morgan fingerprint density at radius 1 is 1.62 bits per heavy atom. The molecule has 0 aliphatic heterocycles. The third kappa shape index (κ3) is 0.727. The predicted octanol–water partition coefficient (Wildman–Crippen LogP) is -1.31. The molecule has 1 rings (SSSR count). The van der Waals surface area contributed by atoms with Crippen molar-refractivity contribution in [3.8, 4) is 0 Å². The Labute approximate surface area is 48.1 Å². The lowest BCUT2D eigenvalue weighted by atomic mass is 10.2. The predicted molar refractivity (Wildman–Crippen MR) is 29.2 cm³/mol. The van der Waals surface area contributed by atoms with Crippen LogP contribution in [-0.2, 0) is 0 Å². The fourth-order valence-electron chi connectivity index (χ4n) is 0.840. The van der Waals surface area contributed by atoms with Crippen molar-refractivity contribution in [1.82, 2.24) is 0 Å². The highest BCUT2D eigenvalue weighted by molar-refractivity contribution is 5.06. The third-order valence-corrected chi connectivity index (χ3v) is 1.79. The lowest BCUT2D eigenvalue weighted by molar-refractivity contribution is 0.215. The van der Waals surface area contributed by atoms with Gasteiger partial charge in [-0.25, -0.2) is 0 Å². The fraction of sp³-hybridized carbons (Fsp3) is 1.00. The first-order valence-electron chi connectivity index (χ1n) is 2.73. The Bertz CT molecular complexity index is 96.4. The van der Waals surface area contributed by atoms with Crippen LogP contribution in [-0.4, -0.2) is 29.0 Å². The Balaban J connectivity index is 2.31. The van der Waals surface area contributed by atoms with Crippen LogP contribution in [0.1, 0.15) is 6.42 Å². The molecule has 0 aromatic rings. The molecule has 0 saturated heterocycles. The van der Waals surface area contributed by atoms with Gasteiger partial charge in [-0.1, -0.05) is 0 Å². The minimum absolute atomic E-state index is 0.00176. The molecule has 0 amide bonds. The SMILES string of the molecule is N[C@@]1(CO)C[C@H]1CO. The lowest BCUT2D eigenvalue weighted by Crippen LogP contribution is -2.30. The van der Waals surface area contributed by atoms with Gasteiger partial charge in [0.25, 0.3) is 0 Å². The average molecular weight is 117 g/mol. The first kappa shape index (κ1) is 6.01. The van der Waals surface area contributed by atoms with Gasteiger partial charge in [0.05, 0.1) is 6.61 Å². The molecular formula is C5H11NO2. The van der Waals surface area contributed by atoms with Crippen LogP contribution in [0.25, 0.3) is 0 Å². The van der Waals surface area contributed by atoms with Crippen LogP contribution in [0.2, 0.25) is 0 Å². The van der Waals surface area contributed by atoms with Crippen molar-refractivity contribution in [2.45, 2.75) is 12.0 Å². The number of nitrogens with two attached hydrogens (primary N) is 1. The van der Waals surface area contributed by atoms with E-state index < -0.39 is 5.54 Å². The van der Waals surface area contributed by atoms with Gasteiger partial charge in [-0.2, -0.15) is 0 Å². The van der Waals surface area contributed by atoms with Gasteiger partial charge in [0.15, 0.2) is 0 Å². The first-order valence-corrected chi connectivity index (χ1v) is 2.73. The molecule has 0 unspecified atom stereocenters. The maximum atomic E-state index is 8.53. The van der Waals surface area contributed by atoms with E-state index in [1.54, 1.807) is 0 Å². The van der Waals surface area contributed by atoms with E-state index >= 15 is 0 Å². The van der Waals surface area contributed by atoms with Gasteiger partial charge in [-0.15, -0.1) is 0 Å². The highest BCUT2D eigenvalue weighted by Gasteiger charge is 2.49. The van der Waals surface area contributed by atoms with E-state index in [0.717, 1.165) is 6.42 Å². The van der Waals surface area contributed by atoms with E-state index in [1.165, 1.54) is 0 Å². The van der Waals surface area contributed by atoms with Crippen molar-refractivity contribution in [2.24, 2.45) is 11.7 Å². The Morgan fingerprint density at radius 2 is 2.25 bits per heavy atom. The lowest BCUT2D eigenvalue weighted by Gasteiger charge is -2.02. The summed E-state index contributed by atoms with van der Waals surface area (Å²) in [5, 5.41) is 17.0. The summed E-state index contributed by atoms with van der Waals surface area (Å²) in [6.45, 7) is 0.106. The van der Waals surface area contributed by atoms with Crippen molar-refractivity contribution >= 4 is 0 Å². The molecule has 4 N–H and O–H groups in total. The van der Waals surface area contributed by atoms with E-state index in [9.17, 15) is 0 Å². The van der Waals surface area contributed by atoms with Gasteiger partial charge in [0.1, 0.15) is 0 Å². The molecule has 0 radical (unpaired) electrons. The molecule has 1 aliphatic carbocycles. The minimum atomic E-state index is -0.436. The molecule has 0 aromatic heterocycles. The average Bonchev–Trinajstić information content (AvgIpc) is 2.44. The first-order chi connectivity index (χ1) is 3.73. The minimum Gasteiger partial charge on any atom is -0.396 e. The van der Waals surface area contributed by atoms with E-state index in [4.69, 9.17) is 15.9 Å². The van der Waals surface area contributed by atoms with Crippen LogP contribution in [0, 0.1) is 5.92 Å². The van der Waals surface area contributed by atoms with Crippen molar-refractivity contribution in [3.63, 3.8) is 0 Å². The zero-order valence-electron chi connectivity index (χ0n) is 4.67. The molecule has 2 atom stereocenters. The number of hydrogen-bond acceptors (Lipinski definition) is 3. The largest absolute Gasteiger partial charge is 0.396 e. The molecule has 48 valence electrons. The Kier molecular flexibility index (Phi) is 1.27. The summed E-state index contributed by atoms with van der Waals surface area (Å²) >= 11 is 0. The van der Waals surface area contributed by atoms with E-state index in [0.29, 0.717) is 0 Å². The van der Waals surface area contributed by atoms with Gasteiger partial charge < -0.3 is 15.9 Å². The molecular weight excluding hydrogens is 106 g/mol. The second kappa shape index (κ2) is 1.69. The Hall–Kier alpha value is -0.120. The number of aliphatic hydroxyl groups is 2. The van der Waals surface area contributed by atoms with E-state index in [-0.39, 0.29) is 19.1 Å². The maximum Gasteiger partial charge on any atom is 0.0614 e. The highest BCUT2D eigenvalue weighted by atomic mass is 16.3. The topological polar surface area (TPSA) is 66.5 Å². The summed E-state index contributed by atoms with van der Waals surface area (Å²) in [6.07, 6.45) is 0.764. The molecule has 1 saturated carbocycles. The summed E-state index contributed by atoms with van der Waals surface area (Å²) in [6, 6.07) is 0. The molecule has 3 heteroatoms. The van der Waals surface area contributed by atoms with Crippen LogP contribution in [0.5, 0.6) is 0 Å². The number of hydrogen-bond donors (Lipinski definition) is 3. The molecule has 1 aliphatic rings. The molecule has 0 bridgehead atoms. The fourth-order valence-corrected chi connectivity index (χ4v) is 0.840. The van der Waals surface area contributed by atoms with Crippen molar-refractivity contribution in [1.29, 1.82) is 0 Å². The van der Waals surface area contributed by atoms with Gasteiger partial charge in [0.2, 0.25) is 0 Å². The summed E-state index contributed by atoms with van der Waals surface area (Å²) < 4.78 is 0. The zero-order chi connectivity index (χ0) is 6.20. The van der Waals surface area contributed by atoms with Gasteiger partial charge >= 0.3 is 0 Å². The molecule has 3 nitrogen and oxygen atoms in total. The molecule has 0 heterocycles. The smallest absolute Gasteiger partial charge is 0.0614 e. The quantitative estimate of drug-likeness (QED) is 0.420. The van der Waals surface area contributed by atoms with Crippen LogP contribution >= 0.6 is 0 Å². The van der Waals surface area contributed by atoms with Crippen LogP contribution in [0.4, 0.5) is 0 Å².